The first-order chi connectivity index (χ1) is 11.5. The highest BCUT2D eigenvalue weighted by atomic mass is 19.3. The molecule has 0 aromatic carbocycles. The van der Waals surface area contributed by atoms with Crippen LogP contribution in [0.15, 0.2) is 0 Å². The Kier molecular flexibility index (Phi) is 5.62. The van der Waals surface area contributed by atoms with Crippen LogP contribution in [0.5, 0.6) is 0 Å². The van der Waals surface area contributed by atoms with Gasteiger partial charge in [-0.15, -0.1) is 0 Å². The van der Waals surface area contributed by atoms with Crippen LogP contribution in [0.2, 0.25) is 0 Å². The maximum atomic E-state index is 14.7. The van der Waals surface area contributed by atoms with Crippen LogP contribution in [0.25, 0.3) is 0 Å². The maximum Gasteiger partial charge on any atom is 0.251 e. The molecule has 4 fully saturated rings. The highest BCUT2D eigenvalue weighted by molar-refractivity contribution is 5.04. The molecule has 0 radical (unpaired) electrons. The van der Waals surface area contributed by atoms with Gasteiger partial charge in [-0.05, 0) is 81.0 Å². The zero-order valence-corrected chi connectivity index (χ0v) is 16.0. The fourth-order valence-corrected chi connectivity index (χ4v) is 6.47. The van der Waals surface area contributed by atoms with E-state index in [1.807, 2.05) is 6.92 Å². The monoisotopic (exact) mass is 340 g/mol. The molecule has 0 aliphatic heterocycles. The standard InChI is InChI=1S/C22H38F2/c1-3-5-6-10-20-11-14-21(15-12-20,16-13-20)19-9-8-18(7-4-2)22(23,24)17-19/h18-19H,3-17H2,1-2H3. The van der Waals surface area contributed by atoms with Gasteiger partial charge in [0.15, 0.2) is 0 Å². The summed E-state index contributed by atoms with van der Waals surface area (Å²) in [5.74, 6) is -2.44. The van der Waals surface area contributed by atoms with Crippen molar-refractivity contribution in [3.8, 4) is 0 Å². The van der Waals surface area contributed by atoms with E-state index in [1.54, 1.807) is 0 Å². The first kappa shape index (κ1) is 18.6. The van der Waals surface area contributed by atoms with Crippen molar-refractivity contribution in [1.82, 2.24) is 0 Å². The third kappa shape index (κ3) is 3.54. The topological polar surface area (TPSA) is 0 Å². The van der Waals surface area contributed by atoms with E-state index in [9.17, 15) is 8.78 Å². The van der Waals surface area contributed by atoms with Crippen LogP contribution >= 0.6 is 0 Å². The van der Waals surface area contributed by atoms with Gasteiger partial charge in [-0.25, -0.2) is 8.78 Å². The lowest BCUT2D eigenvalue weighted by Gasteiger charge is -2.58. The third-order valence-electron chi connectivity index (χ3n) is 8.25. The number of hydrogen-bond donors (Lipinski definition) is 0. The second-order valence-electron chi connectivity index (χ2n) is 9.54. The lowest BCUT2D eigenvalue weighted by molar-refractivity contribution is -0.147. The molecule has 0 N–H and O–H groups in total. The normalized spacial score (nSPS) is 41.5. The van der Waals surface area contributed by atoms with E-state index in [-0.39, 0.29) is 17.8 Å². The second kappa shape index (κ2) is 7.23. The van der Waals surface area contributed by atoms with E-state index in [0.717, 1.165) is 19.3 Å². The Balaban J connectivity index is 1.60. The Labute approximate surface area is 148 Å². The van der Waals surface area contributed by atoms with E-state index in [4.69, 9.17) is 0 Å². The molecule has 0 spiro atoms. The molecule has 0 saturated heterocycles. The van der Waals surface area contributed by atoms with E-state index >= 15 is 0 Å². The van der Waals surface area contributed by atoms with Gasteiger partial charge in [0.25, 0.3) is 5.92 Å². The predicted octanol–water partition coefficient (Wildman–Crippen LogP) is 7.76. The quantitative estimate of drug-likeness (QED) is 0.415. The van der Waals surface area contributed by atoms with Crippen molar-refractivity contribution in [2.45, 2.75) is 116 Å². The third-order valence-corrected chi connectivity index (χ3v) is 8.25. The number of unbranched alkanes of at least 4 members (excludes halogenated alkanes) is 2. The van der Waals surface area contributed by atoms with E-state index in [2.05, 4.69) is 6.92 Å². The molecule has 0 amide bonds. The molecule has 2 unspecified atom stereocenters. The summed E-state index contributed by atoms with van der Waals surface area (Å²) in [5, 5.41) is 0. The Hall–Kier alpha value is -0.140. The average molecular weight is 341 g/mol. The van der Waals surface area contributed by atoms with Gasteiger partial charge in [0.2, 0.25) is 0 Å². The molecular weight excluding hydrogens is 302 g/mol. The molecule has 24 heavy (non-hydrogen) atoms. The number of alkyl halides is 2. The Bertz CT molecular complexity index is 390. The average Bonchev–Trinajstić information content (AvgIpc) is 2.58. The van der Waals surface area contributed by atoms with E-state index in [0.29, 0.717) is 17.8 Å². The van der Waals surface area contributed by atoms with Crippen LogP contribution in [0.1, 0.15) is 110 Å². The zero-order chi connectivity index (χ0) is 17.3. The van der Waals surface area contributed by atoms with Gasteiger partial charge in [-0.3, -0.25) is 0 Å². The van der Waals surface area contributed by atoms with Crippen LogP contribution in [-0.2, 0) is 0 Å². The van der Waals surface area contributed by atoms with Gasteiger partial charge in [-0.1, -0.05) is 39.5 Å². The number of rotatable bonds is 7. The SMILES string of the molecule is CCCCCC12CCC(C3CCC(CCC)C(F)(F)C3)(CC1)CC2. The van der Waals surface area contributed by atoms with Gasteiger partial charge in [0.05, 0.1) is 0 Å². The van der Waals surface area contributed by atoms with Crippen molar-refractivity contribution >= 4 is 0 Å². The summed E-state index contributed by atoms with van der Waals surface area (Å²) in [4.78, 5) is 0. The molecule has 2 atom stereocenters. The van der Waals surface area contributed by atoms with E-state index < -0.39 is 5.92 Å². The van der Waals surface area contributed by atoms with Crippen molar-refractivity contribution in [2.75, 3.05) is 0 Å². The van der Waals surface area contributed by atoms with Crippen LogP contribution in [-0.4, -0.2) is 5.92 Å². The lowest BCUT2D eigenvalue weighted by Crippen LogP contribution is -2.49. The van der Waals surface area contributed by atoms with Crippen molar-refractivity contribution in [3.63, 3.8) is 0 Å². The predicted molar refractivity (Wildman–Crippen MR) is 97.4 cm³/mol. The summed E-state index contributed by atoms with van der Waals surface area (Å²) < 4.78 is 29.3. The molecule has 0 aromatic heterocycles. The maximum absolute atomic E-state index is 14.7. The first-order valence-corrected chi connectivity index (χ1v) is 10.8. The summed E-state index contributed by atoms with van der Waals surface area (Å²) in [6.07, 6.45) is 16.8. The molecule has 0 heterocycles. The van der Waals surface area contributed by atoms with Crippen LogP contribution in [0.4, 0.5) is 8.78 Å². The Morgan fingerprint density at radius 2 is 1.50 bits per heavy atom. The summed E-state index contributed by atoms with van der Waals surface area (Å²) in [6.45, 7) is 4.32. The van der Waals surface area contributed by atoms with Crippen LogP contribution < -0.4 is 0 Å². The molecule has 2 bridgehead atoms. The number of halogens is 2. The second-order valence-corrected chi connectivity index (χ2v) is 9.54. The molecule has 4 rings (SSSR count). The smallest absolute Gasteiger partial charge is 0.207 e. The van der Waals surface area contributed by atoms with Crippen molar-refractivity contribution in [2.24, 2.45) is 22.7 Å². The highest BCUT2D eigenvalue weighted by Gasteiger charge is 2.55. The van der Waals surface area contributed by atoms with Gasteiger partial charge in [0, 0.05) is 12.3 Å². The minimum absolute atomic E-state index is 0.195. The highest BCUT2D eigenvalue weighted by Crippen LogP contribution is 2.64. The van der Waals surface area contributed by atoms with Crippen LogP contribution in [0.3, 0.4) is 0 Å². The summed E-state index contributed by atoms with van der Waals surface area (Å²) >= 11 is 0. The molecule has 4 aliphatic carbocycles. The summed E-state index contributed by atoms with van der Waals surface area (Å²) in [7, 11) is 0. The molecule has 0 aromatic rings. The summed E-state index contributed by atoms with van der Waals surface area (Å²) in [5.41, 5.74) is 0.881. The van der Waals surface area contributed by atoms with Crippen LogP contribution in [0, 0.1) is 22.7 Å². The molecule has 4 aliphatic rings. The molecular formula is C22H38F2. The number of fused-ring (bicyclic) bond motifs is 3. The van der Waals surface area contributed by atoms with E-state index in [1.165, 1.54) is 64.2 Å². The first-order valence-electron chi connectivity index (χ1n) is 10.8. The fraction of sp³-hybridized carbons (Fsp3) is 1.00. The van der Waals surface area contributed by atoms with Crippen molar-refractivity contribution in [3.05, 3.63) is 0 Å². The Morgan fingerprint density at radius 1 is 0.833 bits per heavy atom. The van der Waals surface area contributed by atoms with Gasteiger partial charge >= 0.3 is 0 Å². The molecule has 0 nitrogen and oxygen atoms in total. The lowest BCUT2D eigenvalue weighted by atomic mass is 9.47. The molecule has 4 saturated carbocycles. The minimum Gasteiger partial charge on any atom is -0.207 e. The van der Waals surface area contributed by atoms with Gasteiger partial charge in [0.1, 0.15) is 0 Å². The largest absolute Gasteiger partial charge is 0.251 e. The Morgan fingerprint density at radius 3 is 2.04 bits per heavy atom. The number of hydrogen-bond acceptors (Lipinski definition) is 0. The fourth-order valence-electron chi connectivity index (χ4n) is 6.47. The van der Waals surface area contributed by atoms with Gasteiger partial charge < -0.3 is 0 Å². The van der Waals surface area contributed by atoms with Crippen molar-refractivity contribution < 1.29 is 8.78 Å². The molecule has 2 heteroatoms. The summed E-state index contributed by atoms with van der Waals surface area (Å²) in [6, 6.07) is 0. The molecule has 140 valence electrons. The van der Waals surface area contributed by atoms with Gasteiger partial charge in [-0.2, -0.15) is 0 Å². The van der Waals surface area contributed by atoms with Crippen molar-refractivity contribution in [1.29, 1.82) is 0 Å². The zero-order valence-electron chi connectivity index (χ0n) is 16.0. The minimum atomic E-state index is -2.40.